The highest BCUT2D eigenvalue weighted by Crippen LogP contribution is 2.33. The van der Waals surface area contributed by atoms with Crippen LogP contribution in [0.25, 0.3) is 0 Å². The van der Waals surface area contributed by atoms with E-state index in [0.717, 1.165) is 12.8 Å². The number of piperidine rings is 1. The predicted octanol–water partition coefficient (Wildman–Crippen LogP) is 3.37. The molecule has 0 bridgehead atoms. The third-order valence-corrected chi connectivity index (χ3v) is 5.22. The van der Waals surface area contributed by atoms with Crippen molar-refractivity contribution in [2.75, 3.05) is 7.05 Å². The minimum absolute atomic E-state index is 0.141. The molecule has 23 heavy (non-hydrogen) atoms. The number of hydrogen-bond donors (Lipinski definition) is 1. The van der Waals surface area contributed by atoms with Gasteiger partial charge in [0.1, 0.15) is 17.9 Å². The quantitative estimate of drug-likeness (QED) is 0.919. The van der Waals surface area contributed by atoms with Crippen LogP contribution in [0, 0.1) is 5.92 Å². The molecule has 120 valence electrons. The fourth-order valence-corrected chi connectivity index (χ4v) is 4.09. The Hall–Kier alpha value is -1.93. The van der Waals surface area contributed by atoms with Gasteiger partial charge in [-0.15, -0.1) is 0 Å². The fourth-order valence-electron chi connectivity index (χ4n) is 4.09. The van der Waals surface area contributed by atoms with Crippen LogP contribution in [-0.2, 0) is 4.79 Å². The van der Waals surface area contributed by atoms with E-state index in [4.69, 9.17) is 0 Å². The molecule has 1 fully saturated rings. The van der Waals surface area contributed by atoms with Gasteiger partial charge in [0, 0.05) is 11.1 Å². The first-order valence-electron chi connectivity index (χ1n) is 8.68. The molecule has 1 unspecified atom stereocenters. The smallest absolute Gasteiger partial charge is 0.148 e. The average molecular weight is 308 g/mol. The molecule has 2 heteroatoms. The van der Waals surface area contributed by atoms with E-state index in [-0.39, 0.29) is 18.0 Å². The molecular formula is C21H26NO+. The van der Waals surface area contributed by atoms with Gasteiger partial charge < -0.3 is 4.90 Å². The number of Topliss-reactive ketones (excluding diaryl/α,β-unsaturated/α-hetero) is 1. The molecule has 2 nitrogen and oxygen atoms in total. The normalized spacial score (nSPS) is 27.8. The summed E-state index contributed by atoms with van der Waals surface area (Å²) in [5.74, 6) is 0.572. The predicted molar refractivity (Wildman–Crippen MR) is 93.3 cm³/mol. The molecule has 1 aliphatic rings. The maximum atomic E-state index is 12.9. The molecule has 0 amide bonds. The van der Waals surface area contributed by atoms with Gasteiger partial charge in [-0.3, -0.25) is 4.79 Å². The zero-order valence-electron chi connectivity index (χ0n) is 14.0. The second-order valence-corrected chi connectivity index (χ2v) is 6.66. The highest BCUT2D eigenvalue weighted by molar-refractivity contribution is 5.83. The first-order chi connectivity index (χ1) is 11.2. The number of carbonyl (C=O) groups is 1. The average Bonchev–Trinajstić information content (AvgIpc) is 2.60. The number of hydrogen-bond acceptors (Lipinski definition) is 1. The number of carbonyl (C=O) groups excluding carboxylic acids is 1. The first-order valence-corrected chi connectivity index (χ1v) is 8.68. The molecule has 0 spiro atoms. The van der Waals surface area contributed by atoms with Gasteiger partial charge in [0.25, 0.3) is 0 Å². The first kappa shape index (κ1) is 15.9. The number of likely N-dealkylation sites (tertiary alicyclic amines) is 1. The Morgan fingerprint density at radius 1 is 0.957 bits per heavy atom. The van der Waals surface area contributed by atoms with Crippen molar-refractivity contribution in [3.8, 4) is 0 Å². The summed E-state index contributed by atoms with van der Waals surface area (Å²) in [6.45, 7) is 2.17. The lowest BCUT2D eigenvalue weighted by Gasteiger charge is -2.41. The van der Waals surface area contributed by atoms with Crippen molar-refractivity contribution in [2.45, 2.75) is 38.3 Å². The van der Waals surface area contributed by atoms with E-state index in [0.29, 0.717) is 12.2 Å². The third kappa shape index (κ3) is 3.23. The lowest BCUT2D eigenvalue weighted by atomic mass is 9.77. The number of ketones is 1. The van der Waals surface area contributed by atoms with E-state index in [1.807, 2.05) is 12.1 Å². The monoisotopic (exact) mass is 308 g/mol. The van der Waals surface area contributed by atoms with Crippen LogP contribution < -0.4 is 4.90 Å². The minimum Gasteiger partial charge on any atom is -0.324 e. The third-order valence-electron chi connectivity index (χ3n) is 5.22. The molecule has 4 atom stereocenters. The zero-order valence-corrected chi connectivity index (χ0v) is 14.0. The van der Waals surface area contributed by atoms with Gasteiger partial charge in [-0.2, -0.15) is 0 Å². The summed E-state index contributed by atoms with van der Waals surface area (Å²) >= 11 is 0. The van der Waals surface area contributed by atoms with Crippen molar-refractivity contribution >= 4 is 5.78 Å². The van der Waals surface area contributed by atoms with E-state index in [2.05, 4.69) is 62.5 Å². The second-order valence-electron chi connectivity index (χ2n) is 6.66. The topological polar surface area (TPSA) is 21.5 Å². The summed E-state index contributed by atoms with van der Waals surface area (Å²) < 4.78 is 0. The van der Waals surface area contributed by atoms with E-state index in [1.54, 1.807) is 0 Å². The number of nitrogens with one attached hydrogen (secondary N) is 1. The molecule has 1 saturated heterocycles. The molecule has 2 aromatic rings. The van der Waals surface area contributed by atoms with Gasteiger partial charge in [-0.25, -0.2) is 0 Å². The van der Waals surface area contributed by atoms with E-state index in [1.165, 1.54) is 16.0 Å². The van der Waals surface area contributed by atoms with Crippen LogP contribution in [0.4, 0.5) is 0 Å². The summed E-state index contributed by atoms with van der Waals surface area (Å²) in [5, 5.41) is 0. The van der Waals surface area contributed by atoms with Gasteiger partial charge in [0.05, 0.1) is 19.4 Å². The summed E-state index contributed by atoms with van der Waals surface area (Å²) in [4.78, 5) is 14.3. The summed E-state index contributed by atoms with van der Waals surface area (Å²) in [6, 6.07) is 21.6. The lowest BCUT2D eigenvalue weighted by molar-refractivity contribution is -0.949. The van der Waals surface area contributed by atoms with Crippen molar-refractivity contribution < 1.29 is 9.69 Å². The van der Waals surface area contributed by atoms with Gasteiger partial charge in [0.2, 0.25) is 0 Å². The van der Waals surface area contributed by atoms with Gasteiger partial charge in [0.15, 0.2) is 0 Å². The van der Waals surface area contributed by atoms with Crippen LogP contribution in [-0.4, -0.2) is 12.8 Å². The molecule has 0 radical (unpaired) electrons. The van der Waals surface area contributed by atoms with Gasteiger partial charge >= 0.3 is 0 Å². The van der Waals surface area contributed by atoms with E-state index in [9.17, 15) is 4.79 Å². The fraction of sp³-hybridized carbons (Fsp3) is 0.381. The van der Waals surface area contributed by atoms with Gasteiger partial charge in [-0.05, 0) is 6.42 Å². The Kier molecular flexibility index (Phi) is 4.92. The molecule has 1 aliphatic heterocycles. The largest absolute Gasteiger partial charge is 0.324 e. The number of benzene rings is 2. The molecular weight excluding hydrogens is 282 g/mol. The Labute approximate surface area is 139 Å². The van der Waals surface area contributed by atoms with Crippen molar-refractivity contribution in [2.24, 2.45) is 5.92 Å². The molecule has 1 heterocycles. The van der Waals surface area contributed by atoms with Crippen molar-refractivity contribution in [1.29, 1.82) is 0 Å². The summed E-state index contributed by atoms with van der Waals surface area (Å²) in [6.07, 6.45) is 2.70. The molecule has 3 rings (SSSR count). The Morgan fingerprint density at radius 3 is 2.09 bits per heavy atom. The highest BCUT2D eigenvalue weighted by Gasteiger charge is 2.44. The molecule has 0 saturated carbocycles. The van der Waals surface area contributed by atoms with Crippen LogP contribution >= 0.6 is 0 Å². The SMILES string of the molecule is CCC[C@@H]1C(=O)C[C@@H](c2ccccc2)[NH+](C)[C@@H]1c1ccccc1. The van der Waals surface area contributed by atoms with Crippen molar-refractivity contribution in [3.05, 3.63) is 71.8 Å². The van der Waals surface area contributed by atoms with Crippen molar-refractivity contribution in [3.63, 3.8) is 0 Å². The maximum Gasteiger partial charge on any atom is 0.148 e. The number of quaternary nitrogens is 1. The lowest BCUT2D eigenvalue weighted by Crippen LogP contribution is -3.11. The van der Waals surface area contributed by atoms with Crippen LogP contribution in [0.15, 0.2) is 60.7 Å². The van der Waals surface area contributed by atoms with E-state index >= 15 is 0 Å². The Morgan fingerprint density at radius 2 is 1.52 bits per heavy atom. The van der Waals surface area contributed by atoms with Crippen molar-refractivity contribution in [1.82, 2.24) is 0 Å². The van der Waals surface area contributed by atoms with E-state index < -0.39 is 0 Å². The minimum atomic E-state index is 0.141. The zero-order chi connectivity index (χ0) is 16.2. The molecule has 2 aromatic carbocycles. The molecule has 1 N–H and O–H groups in total. The highest BCUT2D eigenvalue weighted by atomic mass is 16.1. The number of rotatable bonds is 4. The van der Waals surface area contributed by atoms with Crippen LogP contribution in [0.1, 0.15) is 49.4 Å². The standard InChI is InChI=1S/C21H25NO/c1-3-10-18-20(23)15-19(16-11-6-4-7-12-16)22(2)21(18)17-13-8-5-9-14-17/h4-9,11-14,18-19,21H,3,10,15H2,1-2H3/p+1/t18-,19+,21-/m1/s1. The summed E-state index contributed by atoms with van der Waals surface area (Å²) in [5.41, 5.74) is 2.56. The Balaban J connectivity index is 1.98. The molecule has 0 aliphatic carbocycles. The maximum absolute atomic E-state index is 12.9. The summed E-state index contributed by atoms with van der Waals surface area (Å²) in [7, 11) is 2.25. The van der Waals surface area contributed by atoms with Crippen LogP contribution in [0.5, 0.6) is 0 Å². The van der Waals surface area contributed by atoms with Gasteiger partial charge in [-0.1, -0.05) is 74.0 Å². The van der Waals surface area contributed by atoms with Crippen LogP contribution in [0.3, 0.4) is 0 Å². The van der Waals surface area contributed by atoms with Crippen LogP contribution in [0.2, 0.25) is 0 Å². The Bertz CT molecular complexity index is 637. The molecule has 0 aromatic heterocycles. The second kappa shape index (κ2) is 7.10.